The van der Waals surface area contributed by atoms with Gasteiger partial charge in [0, 0.05) is 6.04 Å². The molecule has 1 amide bonds. The number of carbonyl (C=O) groups is 2. The second kappa shape index (κ2) is 6.37. The molecule has 0 aliphatic rings. The van der Waals surface area contributed by atoms with Crippen molar-refractivity contribution in [1.29, 1.82) is 0 Å². The maximum atomic E-state index is 11.3. The second-order valence-corrected chi connectivity index (χ2v) is 3.51. The summed E-state index contributed by atoms with van der Waals surface area (Å²) in [6.45, 7) is 2.14. The van der Waals surface area contributed by atoms with Gasteiger partial charge in [0.2, 0.25) is 5.91 Å². The molecule has 0 aromatic heterocycles. The van der Waals surface area contributed by atoms with E-state index in [2.05, 4.69) is 5.32 Å². The zero-order valence-corrected chi connectivity index (χ0v) is 8.91. The molecule has 0 aliphatic carbocycles. The first kappa shape index (κ1) is 12.9. The third-order valence-corrected chi connectivity index (χ3v) is 1.74. The minimum Gasteiger partial charge on any atom is -0.481 e. The Balaban J connectivity index is 3.92. The first-order valence-corrected chi connectivity index (χ1v) is 4.61. The van der Waals surface area contributed by atoms with Crippen molar-refractivity contribution >= 4 is 11.9 Å². The number of rotatable bonds is 6. The van der Waals surface area contributed by atoms with Crippen LogP contribution in [0.1, 0.15) is 19.8 Å². The van der Waals surface area contributed by atoms with Crippen molar-refractivity contribution in [2.24, 2.45) is 0 Å². The van der Waals surface area contributed by atoms with Crippen LogP contribution in [0.2, 0.25) is 0 Å². The van der Waals surface area contributed by atoms with Crippen LogP contribution in [0.5, 0.6) is 0 Å². The number of carbonyl (C=O) groups excluding carboxylic acids is 1. The largest absolute Gasteiger partial charge is 0.481 e. The van der Waals surface area contributed by atoms with Gasteiger partial charge in [0.15, 0.2) is 0 Å². The fourth-order valence-electron chi connectivity index (χ4n) is 1.07. The van der Waals surface area contributed by atoms with Gasteiger partial charge in [-0.15, -0.1) is 0 Å². The molecule has 5 heteroatoms. The molecule has 0 radical (unpaired) electrons. The Bertz CT molecular complexity index is 204. The highest BCUT2D eigenvalue weighted by atomic mass is 16.4. The fourth-order valence-corrected chi connectivity index (χ4v) is 1.07. The smallest absolute Gasteiger partial charge is 0.305 e. The maximum absolute atomic E-state index is 11.3. The van der Waals surface area contributed by atoms with Gasteiger partial charge in [-0.2, -0.15) is 0 Å². The molecule has 0 saturated carbocycles. The standard InChI is InChI=1S/C9H18N2O3/c1-4-7(5-9(13)14)10-8(12)6-11(2)3/h7H,4-6H2,1-3H3,(H,10,12)(H,13,14). The minimum atomic E-state index is -0.887. The summed E-state index contributed by atoms with van der Waals surface area (Å²) in [7, 11) is 3.58. The predicted octanol–water partition coefficient (Wildman–Crippen LogP) is -0.0825. The molecule has 0 aliphatic heterocycles. The van der Waals surface area contributed by atoms with Crippen LogP contribution in [0.3, 0.4) is 0 Å². The molecule has 2 N–H and O–H groups in total. The summed E-state index contributed by atoms with van der Waals surface area (Å²) < 4.78 is 0. The Morgan fingerprint density at radius 2 is 2.00 bits per heavy atom. The van der Waals surface area contributed by atoms with E-state index in [9.17, 15) is 9.59 Å². The van der Waals surface area contributed by atoms with Gasteiger partial charge in [0.25, 0.3) is 0 Å². The lowest BCUT2D eigenvalue weighted by Gasteiger charge is -2.16. The number of carboxylic acids is 1. The van der Waals surface area contributed by atoms with E-state index in [0.29, 0.717) is 6.42 Å². The molecule has 0 heterocycles. The average Bonchev–Trinajstić information content (AvgIpc) is 2.00. The van der Waals surface area contributed by atoms with Crippen molar-refractivity contribution in [3.63, 3.8) is 0 Å². The van der Waals surface area contributed by atoms with E-state index in [1.54, 1.807) is 19.0 Å². The van der Waals surface area contributed by atoms with E-state index < -0.39 is 5.97 Å². The molecule has 14 heavy (non-hydrogen) atoms. The molecule has 0 fully saturated rings. The monoisotopic (exact) mass is 202 g/mol. The van der Waals surface area contributed by atoms with Gasteiger partial charge < -0.3 is 15.3 Å². The molecule has 1 unspecified atom stereocenters. The Morgan fingerprint density at radius 1 is 1.43 bits per heavy atom. The van der Waals surface area contributed by atoms with E-state index in [1.165, 1.54) is 0 Å². The van der Waals surface area contributed by atoms with E-state index in [4.69, 9.17) is 5.11 Å². The quantitative estimate of drug-likeness (QED) is 0.632. The van der Waals surface area contributed by atoms with Crippen LogP contribution in [0, 0.1) is 0 Å². The van der Waals surface area contributed by atoms with Crippen molar-refractivity contribution in [2.75, 3.05) is 20.6 Å². The number of nitrogens with one attached hydrogen (secondary N) is 1. The number of aliphatic carboxylic acids is 1. The van der Waals surface area contributed by atoms with Gasteiger partial charge in [0.1, 0.15) is 0 Å². The van der Waals surface area contributed by atoms with Gasteiger partial charge in [-0.05, 0) is 20.5 Å². The van der Waals surface area contributed by atoms with E-state index in [0.717, 1.165) is 0 Å². The molecular weight excluding hydrogens is 184 g/mol. The fraction of sp³-hybridized carbons (Fsp3) is 0.778. The topological polar surface area (TPSA) is 69.6 Å². The van der Waals surface area contributed by atoms with Crippen LogP contribution < -0.4 is 5.32 Å². The van der Waals surface area contributed by atoms with Gasteiger partial charge in [-0.25, -0.2) is 0 Å². The first-order chi connectivity index (χ1) is 6.45. The summed E-state index contributed by atoms with van der Waals surface area (Å²) in [6, 6.07) is -0.264. The molecule has 82 valence electrons. The summed E-state index contributed by atoms with van der Waals surface area (Å²) in [5.74, 6) is -1.02. The lowest BCUT2D eigenvalue weighted by molar-refractivity contribution is -0.137. The van der Waals surface area contributed by atoms with Gasteiger partial charge in [-0.3, -0.25) is 9.59 Å². The highest BCUT2D eigenvalue weighted by Gasteiger charge is 2.13. The molecule has 0 rings (SSSR count). The molecule has 0 bridgehead atoms. The molecule has 0 saturated heterocycles. The second-order valence-electron chi connectivity index (χ2n) is 3.51. The SMILES string of the molecule is CCC(CC(=O)O)NC(=O)CN(C)C. The Labute approximate surface area is 84.1 Å². The minimum absolute atomic E-state index is 0.0182. The van der Waals surface area contributed by atoms with Crippen molar-refractivity contribution in [3.8, 4) is 0 Å². The van der Waals surface area contributed by atoms with Crippen LogP contribution in [-0.4, -0.2) is 48.6 Å². The van der Waals surface area contributed by atoms with Gasteiger partial charge in [0.05, 0.1) is 13.0 Å². The zero-order chi connectivity index (χ0) is 11.1. The Hall–Kier alpha value is -1.10. The number of hydrogen-bond acceptors (Lipinski definition) is 3. The molecular formula is C9H18N2O3. The molecule has 0 aromatic carbocycles. The maximum Gasteiger partial charge on any atom is 0.305 e. The number of hydrogen-bond donors (Lipinski definition) is 2. The lowest BCUT2D eigenvalue weighted by Crippen LogP contribution is -2.40. The van der Waals surface area contributed by atoms with Crippen LogP contribution in [0.25, 0.3) is 0 Å². The van der Waals surface area contributed by atoms with Crippen LogP contribution in [0.4, 0.5) is 0 Å². The van der Waals surface area contributed by atoms with Gasteiger partial charge in [-0.1, -0.05) is 6.92 Å². The first-order valence-electron chi connectivity index (χ1n) is 4.61. The Morgan fingerprint density at radius 3 is 2.36 bits per heavy atom. The number of amides is 1. The number of nitrogens with zero attached hydrogens (tertiary/aromatic N) is 1. The third kappa shape index (κ3) is 6.42. The lowest BCUT2D eigenvalue weighted by atomic mass is 10.1. The van der Waals surface area contributed by atoms with Crippen molar-refractivity contribution in [3.05, 3.63) is 0 Å². The molecule has 1 atom stereocenters. The third-order valence-electron chi connectivity index (χ3n) is 1.74. The van der Waals surface area contributed by atoms with E-state index in [-0.39, 0.29) is 24.9 Å². The molecule has 0 spiro atoms. The predicted molar refractivity (Wildman–Crippen MR) is 53.0 cm³/mol. The molecule has 0 aromatic rings. The summed E-state index contributed by atoms with van der Waals surface area (Å²) in [5, 5.41) is 11.2. The summed E-state index contributed by atoms with van der Waals surface area (Å²) in [4.78, 5) is 23.4. The summed E-state index contributed by atoms with van der Waals surface area (Å²) in [5.41, 5.74) is 0. The van der Waals surface area contributed by atoms with Crippen LogP contribution in [-0.2, 0) is 9.59 Å². The summed E-state index contributed by atoms with van der Waals surface area (Å²) in [6.07, 6.45) is 0.612. The Kier molecular flexibility index (Phi) is 5.87. The number of likely N-dealkylation sites (N-methyl/N-ethyl adjacent to an activating group) is 1. The average molecular weight is 202 g/mol. The van der Waals surface area contributed by atoms with Crippen LogP contribution in [0.15, 0.2) is 0 Å². The van der Waals surface area contributed by atoms with Crippen molar-refractivity contribution in [2.45, 2.75) is 25.8 Å². The number of carboxylic acid groups (broad SMARTS) is 1. The van der Waals surface area contributed by atoms with Crippen LogP contribution >= 0.6 is 0 Å². The zero-order valence-electron chi connectivity index (χ0n) is 8.91. The normalized spacial score (nSPS) is 12.6. The van der Waals surface area contributed by atoms with E-state index in [1.807, 2.05) is 6.92 Å². The highest BCUT2D eigenvalue weighted by molar-refractivity contribution is 5.79. The van der Waals surface area contributed by atoms with Gasteiger partial charge >= 0.3 is 5.97 Å². The molecule has 5 nitrogen and oxygen atoms in total. The summed E-state index contributed by atoms with van der Waals surface area (Å²) >= 11 is 0. The van der Waals surface area contributed by atoms with E-state index >= 15 is 0 Å². The highest BCUT2D eigenvalue weighted by Crippen LogP contribution is 1.97. The van der Waals surface area contributed by atoms with Crippen molar-refractivity contribution in [1.82, 2.24) is 10.2 Å². The van der Waals surface area contributed by atoms with Crippen molar-refractivity contribution < 1.29 is 14.7 Å².